The first-order valence-corrected chi connectivity index (χ1v) is 9.57. The highest BCUT2D eigenvalue weighted by Gasteiger charge is 2.31. The largest absolute Gasteiger partial charge is 0.493 e. The Bertz CT molecular complexity index is 756. The van der Waals surface area contributed by atoms with Gasteiger partial charge in [-0.2, -0.15) is 0 Å². The zero-order valence-electron chi connectivity index (χ0n) is 13.6. The molecule has 132 valence electrons. The lowest BCUT2D eigenvalue weighted by Gasteiger charge is -2.17. The second-order valence-corrected chi connectivity index (χ2v) is 7.57. The number of halogens is 1. The van der Waals surface area contributed by atoms with Crippen molar-refractivity contribution >= 4 is 33.7 Å². The molecule has 3 rings (SSSR count). The molecule has 0 saturated carbocycles. The summed E-state index contributed by atoms with van der Waals surface area (Å²) in [6, 6.07) is 13.2. The van der Waals surface area contributed by atoms with Crippen molar-refractivity contribution in [2.45, 2.75) is 18.0 Å². The number of carbonyl (C=O) groups is 1. The highest BCUT2D eigenvalue weighted by Crippen LogP contribution is 2.42. The quantitative estimate of drug-likeness (QED) is 0.735. The van der Waals surface area contributed by atoms with Gasteiger partial charge in [0.05, 0.1) is 17.0 Å². The standard InChI is InChI=1S/C18H18BrNO4S/c1-23-15-8-12(17-20-14(10-25-17)18(21)22)7-13(19)16(15)24-9-11-5-3-2-4-6-11/h2-8,14,17,20H,9-10H2,1H3,(H,21,22)/t14-,17+/m1/s1. The van der Waals surface area contributed by atoms with E-state index >= 15 is 0 Å². The molecule has 25 heavy (non-hydrogen) atoms. The van der Waals surface area contributed by atoms with Crippen molar-refractivity contribution < 1.29 is 19.4 Å². The van der Waals surface area contributed by atoms with Crippen molar-refractivity contribution in [2.24, 2.45) is 0 Å². The molecule has 0 radical (unpaired) electrons. The van der Waals surface area contributed by atoms with E-state index in [4.69, 9.17) is 14.6 Å². The van der Waals surface area contributed by atoms with Gasteiger partial charge in [0.1, 0.15) is 12.6 Å². The van der Waals surface area contributed by atoms with Crippen LogP contribution in [0.25, 0.3) is 0 Å². The second-order valence-electron chi connectivity index (χ2n) is 5.58. The smallest absolute Gasteiger partial charge is 0.321 e. The van der Waals surface area contributed by atoms with Crippen molar-refractivity contribution in [1.82, 2.24) is 5.32 Å². The van der Waals surface area contributed by atoms with E-state index < -0.39 is 12.0 Å². The topological polar surface area (TPSA) is 67.8 Å². The molecule has 1 aliphatic rings. The Kier molecular flexibility index (Phi) is 5.88. The Hall–Kier alpha value is -1.70. The minimum absolute atomic E-state index is 0.0885. The Morgan fingerprint density at radius 1 is 1.36 bits per heavy atom. The molecule has 7 heteroatoms. The molecule has 5 nitrogen and oxygen atoms in total. The number of carboxylic acids is 1. The molecule has 0 amide bonds. The van der Waals surface area contributed by atoms with Gasteiger partial charge >= 0.3 is 5.97 Å². The number of thioether (sulfide) groups is 1. The average molecular weight is 424 g/mol. The average Bonchev–Trinajstić information content (AvgIpc) is 3.11. The number of nitrogens with one attached hydrogen (secondary N) is 1. The van der Waals surface area contributed by atoms with Crippen molar-refractivity contribution in [2.75, 3.05) is 12.9 Å². The minimum atomic E-state index is -0.830. The zero-order valence-corrected chi connectivity index (χ0v) is 16.0. The maximum atomic E-state index is 11.1. The lowest BCUT2D eigenvalue weighted by Crippen LogP contribution is -2.33. The molecule has 1 heterocycles. The maximum absolute atomic E-state index is 11.1. The van der Waals surface area contributed by atoms with E-state index in [0.29, 0.717) is 23.9 Å². The van der Waals surface area contributed by atoms with E-state index in [9.17, 15) is 4.79 Å². The summed E-state index contributed by atoms with van der Waals surface area (Å²) in [6.45, 7) is 0.437. The summed E-state index contributed by atoms with van der Waals surface area (Å²) in [5.74, 6) is 0.949. The van der Waals surface area contributed by atoms with Gasteiger partial charge in [-0.25, -0.2) is 0 Å². The molecule has 0 unspecified atom stereocenters. The summed E-state index contributed by atoms with van der Waals surface area (Å²) in [7, 11) is 1.59. The summed E-state index contributed by atoms with van der Waals surface area (Å²) >= 11 is 5.11. The van der Waals surface area contributed by atoms with Crippen LogP contribution in [0.2, 0.25) is 0 Å². The molecule has 1 aliphatic heterocycles. The van der Waals surface area contributed by atoms with Crippen molar-refractivity contribution in [3.05, 3.63) is 58.1 Å². The van der Waals surface area contributed by atoms with Crippen molar-refractivity contribution in [3.8, 4) is 11.5 Å². The van der Waals surface area contributed by atoms with E-state index in [1.807, 2.05) is 42.5 Å². The van der Waals surface area contributed by atoms with Gasteiger partial charge in [-0.1, -0.05) is 30.3 Å². The number of carboxylic acid groups (broad SMARTS) is 1. The summed E-state index contributed by atoms with van der Waals surface area (Å²) < 4.78 is 12.2. The molecule has 2 atom stereocenters. The third-order valence-electron chi connectivity index (χ3n) is 3.86. The Balaban J connectivity index is 1.78. The molecule has 0 aromatic heterocycles. The van der Waals surface area contributed by atoms with Crippen molar-refractivity contribution in [1.29, 1.82) is 0 Å². The van der Waals surface area contributed by atoms with E-state index in [1.165, 1.54) is 0 Å². The van der Waals surface area contributed by atoms with E-state index in [0.717, 1.165) is 15.6 Å². The van der Waals surface area contributed by atoms with E-state index in [2.05, 4.69) is 21.2 Å². The van der Waals surface area contributed by atoms with Gasteiger partial charge in [0, 0.05) is 5.75 Å². The van der Waals surface area contributed by atoms with Crippen LogP contribution in [0.5, 0.6) is 11.5 Å². The number of methoxy groups -OCH3 is 1. The molecule has 0 aliphatic carbocycles. The number of hydrogen-bond donors (Lipinski definition) is 2. The molecule has 0 bridgehead atoms. The first kappa shape index (κ1) is 18.1. The normalized spacial score (nSPS) is 19.6. The molecule has 2 N–H and O–H groups in total. The number of benzene rings is 2. The van der Waals surface area contributed by atoms with Crippen LogP contribution in [0.4, 0.5) is 0 Å². The number of ether oxygens (including phenoxy) is 2. The predicted molar refractivity (Wildman–Crippen MR) is 101 cm³/mol. The van der Waals surface area contributed by atoms with Crippen LogP contribution >= 0.6 is 27.7 Å². The fraction of sp³-hybridized carbons (Fsp3) is 0.278. The molecule has 1 fully saturated rings. The SMILES string of the molecule is COc1cc([C@H]2N[C@@H](C(=O)O)CS2)cc(Br)c1OCc1ccccc1. The van der Waals surface area contributed by atoms with Crippen LogP contribution in [-0.2, 0) is 11.4 Å². The molecule has 1 saturated heterocycles. The van der Waals surface area contributed by atoms with Gasteiger partial charge < -0.3 is 14.6 Å². The summed E-state index contributed by atoms with van der Waals surface area (Å²) in [5, 5.41) is 12.1. The van der Waals surface area contributed by atoms with Crippen LogP contribution < -0.4 is 14.8 Å². The summed E-state index contributed by atoms with van der Waals surface area (Å²) in [4.78, 5) is 11.1. The lowest BCUT2D eigenvalue weighted by molar-refractivity contribution is -0.138. The third-order valence-corrected chi connectivity index (χ3v) is 5.72. The molecule has 0 spiro atoms. The number of rotatable bonds is 6. The predicted octanol–water partition coefficient (Wildman–Crippen LogP) is 3.82. The van der Waals surface area contributed by atoms with E-state index in [1.54, 1.807) is 18.9 Å². The Morgan fingerprint density at radius 3 is 2.76 bits per heavy atom. The monoisotopic (exact) mass is 423 g/mol. The van der Waals surface area contributed by atoms with Crippen LogP contribution in [0.1, 0.15) is 16.5 Å². The molecular weight excluding hydrogens is 406 g/mol. The van der Waals surface area contributed by atoms with Crippen molar-refractivity contribution in [3.63, 3.8) is 0 Å². The van der Waals surface area contributed by atoms with Gasteiger partial charge in [0.2, 0.25) is 0 Å². The molecule has 2 aromatic carbocycles. The van der Waals surface area contributed by atoms with Crippen LogP contribution in [0, 0.1) is 0 Å². The zero-order chi connectivity index (χ0) is 17.8. The number of hydrogen-bond acceptors (Lipinski definition) is 5. The highest BCUT2D eigenvalue weighted by molar-refractivity contribution is 9.10. The third kappa shape index (κ3) is 4.29. The first-order valence-electron chi connectivity index (χ1n) is 7.73. The van der Waals surface area contributed by atoms with Gasteiger partial charge in [0.25, 0.3) is 0 Å². The minimum Gasteiger partial charge on any atom is -0.493 e. The summed E-state index contributed by atoms with van der Waals surface area (Å²) in [6.07, 6.45) is 0. The lowest BCUT2D eigenvalue weighted by atomic mass is 10.2. The first-order chi connectivity index (χ1) is 12.1. The Labute approximate surface area is 158 Å². The fourth-order valence-electron chi connectivity index (χ4n) is 2.57. The number of aliphatic carboxylic acids is 1. The fourth-order valence-corrected chi connectivity index (χ4v) is 4.35. The molecular formula is C18H18BrNO4S. The van der Waals surface area contributed by atoms with Gasteiger partial charge in [-0.15, -0.1) is 11.8 Å². The van der Waals surface area contributed by atoms with E-state index in [-0.39, 0.29) is 5.37 Å². The van der Waals surface area contributed by atoms with Gasteiger partial charge in [-0.05, 0) is 39.2 Å². The second kappa shape index (κ2) is 8.12. The van der Waals surface area contributed by atoms with Crippen LogP contribution in [-0.4, -0.2) is 30.0 Å². The molecule has 2 aromatic rings. The Morgan fingerprint density at radius 2 is 2.12 bits per heavy atom. The van der Waals surface area contributed by atoms with Gasteiger partial charge in [0.15, 0.2) is 11.5 Å². The summed E-state index contributed by atoms with van der Waals surface area (Å²) in [5.41, 5.74) is 2.02. The van der Waals surface area contributed by atoms with Gasteiger partial charge in [-0.3, -0.25) is 10.1 Å². The van der Waals surface area contributed by atoms with Crippen LogP contribution in [0.3, 0.4) is 0 Å². The van der Waals surface area contributed by atoms with Crippen LogP contribution in [0.15, 0.2) is 46.9 Å². The maximum Gasteiger partial charge on any atom is 0.321 e. The highest BCUT2D eigenvalue weighted by atomic mass is 79.9.